The lowest BCUT2D eigenvalue weighted by atomic mass is 10.1. The maximum absolute atomic E-state index is 12.6. The van der Waals surface area contributed by atoms with Crippen molar-refractivity contribution in [2.24, 2.45) is 0 Å². The summed E-state index contributed by atoms with van der Waals surface area (Å²) in [5.41, 5.74) is 6.01. The van der Waals surface area contributed by atoms with Crippen LogP contribution < -0.4 is 5.73 Å². The third-order valence-corrected chi connectivity index (χ3v) is 2.38. The summed E-state index contributed by atoms with van der Waals surface area (Å²) in [6, 6.07) is 5.13. The molecule has 0 atom stereocenters. The van der Waals surface area contributed by atoms with Gasteiger partial charge in [0, 0.05) is 17.5 Å². The Hall–Kier alpha value is -2.11. The first-order valence-electron chi connectivity index (χ1n) is 5.14. The number of pyridine rings is 2. The van der Waals surface area contributed by atoms with E-state index < -0.39 is 11.7 Å². The highest BCUT2D eigenvalue weighted by molar-refractivity contribution is 5.61. The molecule has 0 bridgehead atoms. The minimum atomic E-state index is -4.44. The molecule has 6 heteroatoms. The van der Waals surface area contributed by atoms with Crippen molar-refractivity contribution < 1.29 is 13.2 Å². The van der Waals surface area contributed by atoms with Gasteiger partial charge in [-0.3, -0.25) is 4.98 Å². The number of aromatic nitrogens is 2. The fourth-order valence-corrected chi connectivity index (χ4v) is 1.48. The second kappa shape index (κ2) is 4.29. The van der Waals surface area contributed by atoms with Gasteiger partial charge in [0.1, 0.15) is 5.82 Å². The molecule has 0 saturated carbocycles. The molecule has 0 radical (unpaired) electrons. The number of anilines is 1. The number of hydrogen-bond donors (Lipinski definition) is 1. The first-order chi connectivity index (χ1) is 8.36. The van der Waals surface area contributed by atoms with Gasteiger partial charge in [-0.2, -0.15) is 13.2 Å². The molecule has 2 aromatic rings. The van der Waals surface area contributed by atoms with E-state index in [9.17, 15) is 13.2 Å². The van der Waals surface area contributed by atoms with Crippen LogP contribution in [-0.2, 0) is 6.18 Å². The molecular formula is C12H10F3N3. The minimum Gasteiger partial charge on any atom is -0.384 e. The Balaban J connectivity index is 2.52. The molecule has 0 saturated heterocycles. The van der Waals surface area contributed by atoms with Crippen molar-refractivity contribution >= 4 is 5.82 Å². The van der Waals surface area contributed by atoms with Crippen LogP contribution >= 0.6 is 0 Å². The van der Waals surface area contributed by atoms with Crippen LogP contribution in [0.15, 0.2) is 30.5 Å². The Labute approximate surface area is 101 Å². The van der Waals surface area contributed by atoms with Crippen molar-refractivity contribution in [2.45, 2.75) is 13.1 Å². The number of hydrogen-bond acceptors (Lipinski definition) is 3. The lowest BCUT2D eigenvalue weighted by molar-refractivity contribution is -0.137. The second-order valence-electron chi connectivity index (χ2n) is 3.85. The summed E-state index contributed by atoms with van der Waals surface area (Å²) in [7, 11) is 0. The normalized spacial score (nSPS) is 11.6. The summed E-state index contributed by atoms with van der Waals surface area (Å²) in [5.74, 6) is -0.166. The third kappa shape index (κ3) is 2.58. The SMILES string of the molecule is Cc1ccc(-c2cc(C(F)(F)F)cc(N)n2)cn1. The second-order valence-corrected chi connectivity index (χ2v) is 3.85. The fraction of sp³-hybridized carbons (Fsp3) is 0.167. The molecule has 0 aromatic carbocycles. The van der Waals surface area contributed by atoms with Crippen LogP contribution in [0.2, 0.25) is 0 Å². The number of halogens is 3. The van der Waals surface area contributed by atoms with E-state index in [2.05, 4.69) is 9.97 Å². The minimum absolute atomic E-state index is 0.162. The zero-order valence-corrected chi connectivity index (χ0v) is 9.49. The number of aryl methyl sites for hydroxylation is 1. The fourth-order valence-electron chi connectivity index (χ4n) is 1.48. The first-order valence-corrected chi connectivity index (χ1v) is 5.14. The van der Waals surface area contributed by atoms with Gasteiger partial charge in [-0.25, -0.2) is 4.98 Å². The number of nitrogens with two attached hydrogens (primary N) is 1. The van der Waals surface area contributed by atoms with Crippen LogP contribution in [0.4, 0.5) is 19.0 Å². The van der Waals surface area contributed by atoms with E-state index in [0.29, 0.717) is 5.56 Å². The van der Waals surface area contributed by atoms with E-state index in [1.165, 1.54) is 6.20 Å². The molecule has 0 spiro atoms. The highest BCUT2D eigenvalue weighted by Gasteiger charge is 2.31. The zero-order chi connectivity index (χ0) is 13.3. The molecule has 0 aliphatic carbocycles. The van der Waals surface area contributed by atoms with Crippen LogP contribution in [0, 0.1) is 6.92 Å². The predicted molar refractivity (Wildman–Crippen MR) is 61.6 cm³/mol. The highest BCUT2D eigenvalue weighted by atomic mass is 19.4. The van der Waals surface area contributed by atoms with Crippen molar-refractivity contribution in [3.63, 3.8) is 0 Å². The topological polar surface area (TPSA) is 51.8 Å². The van der Waals surface area contributed by atoms with Gasteiger partial charge in [-0.05, 0) is 31.2 Å². The van der Waals surface area contributed by atoms with Gasteiger partial charge in [-0.15, -0.1) is 0 Å². The maximum atomic E-state index is 12.6. The van der Waals surface area contributed by atoms with Gasteiger partial charge in [0.15, 0.2) is 0 Å². The monoisotopic (exact) mass is 253 g/mol. The highest BCUT2D eigenvalue weighted by Crippen LogP contribution is 2.32. The van der Waals surface area contributed by atoms with E-state index in [-0.39, 0.29) is 11.5 Å². The Morgan fingerprint density at radius 1 is 1.17 bits per heavy atom. The summed E-state index contributed by atoms with van der Waals surface area (Å²) < 4.78 is 37.9. The average molecular weight is 253 g/mol. The molecule has 0 fully saturated rings. The van der Waals surface area contributed by atoms with Crippen LogP contribution in [0.5, 0.6) is 0 Å². The summed E-state index contributed by atoms with van der Waals surface area (Å²) in [6.45, 7) is 1.79. The molecule has 0 amide bonds. The Kier molecular flexibility index (Phi) is 2.94. The zero-order valence-electron chi connectivity index (χ0n) is 9.49. The number of rotatable bonds is 1. The van der Waals surface area contributed by atoms with Crippen molar-refractivity contribution in [3.05, 3.63) is 41.7 Å². The van der Waals surface area contributed by atoms with Gasteiger partial charge < -0.3 is 5.73 Å². The molecule has 0 aliphatic rings. The summed E-state index contributed by atoms with van der Waals surface area (Å²) >= 11 is 0. The number of nitrogen functional groups attached to an aromatic ring is 1. The van der Waals surface area contributed by atoms with E-state index in [1.54, 1.807) is 19.1 Å². The lowest BCUT2D eigenvalue weighted by Crippen LogP contribution is -2.07. The molecule has 2 rings (SSSR count). The average Bonchev–Trinajstić information content (AvgIpc) is 2.28. The predicted octanol–water partition coefficient (Wildman–Crippen LogP) is 3.05. The molecule has 0 aliphatic heterocycles. The molecule has 0 unspecified atom stereocenters. The van der Waals surface area contributed by atoms with Crippen LogP contribution in [0.1, 0.15) is 11.3 Å². The Bertz CT molecular complexity index is 562. The third-order valence-electron chi connectivity index (χ3n) is 2.38. The van der Waals surface area contributed by atoms with Gasteiger partial charge >= 0.3 is 6.18 Å². The van der Waals surface area contributed by atoms with Crippen molar-refractivity contribution in [1.29, 1.82) is 0 Å². The van der Waals surface area contributed by atoms with E-state index in [4.69, 9.17) is 5.73 Å². The van der Waals surface area contributed by atoms with Gasteiger partial charge in [0.25, 0.3) is 0 Å². The van der Waals surface area contributed by atoms with E-state index in [1.807, 2.05) is 0 Å². The van der Waals surface area contributed by atoms with Crippen LogP contribution in [-0.4, -0.2) is 9.97 Å². The molecule has 2 aromatic heterocycles. The Morgan fingerprint density at radius 2 is 1.89 bits per heavy atom. The quantitative estimate of drug-likeness (QED) is 0.849. The number of nitrogens with zero attached hydrogens (tertiary/aromatic N) is 2. The smallest absolute Gasteiger partial charge is 0.384 e. The largest absolute Gasteiger partial charge is 0.416 e. The van der Waals surface area contributed by atoms with Crippen molar-refractivity contribution in [2.75, 3.05) is 5.73 Å². The van der Waals surface area contributed by atoms with E-state index in [0.717, 1.165) is 17.8 Å². The molecule has 18 heavy (non-hydrogen) atoms. The standard InChI is InChI=1S/C12H10F3N3/c1-7-2-3-8(6-17-7)10-4-9(12(13,14)15)5-11(16)18-10/h2-6H,1H3,(H2,16,18). The van der Waals surface area contributed by atoms with Gasteiger partial charge in [0.05, 0.1) is 11.3 Å². The van der Waals surface area contributed by atoms with E-state index >= 15 is 0 Å². The summed E-state index contributed by atoms with van der Waals surface area (Å²) in [5, 5.41) is 0. The summed E-state index contributed by atoms with van der Waals surface area (Å²) in [4.78, 5) is 7.90. The maximum Gasteiger partial charge on any atom is 0.416 e. The van der Waals surface area contributed by atoms with Crippen LogP contribution in [0.25, 0.3) is 11.3 Å². The van der Waals surface area contributed by atoms with Gasteiger partial charge in [0.2, 0.25) is 0 Å². The molecule has 94 valence electrons. The molecular weight excluding hydrogens is 243 g/mol. The Morgan fingerprint density at radius 3 is 2.44 bits per heavy atom. The van der Waals surface area contributed by atoms with Crippen molar-refractivity contribution in [1.82, 2.24) is 9.97 Å². The van der Waals surface area contributed by atoms with Crippen LogP contribution in [0.3, 0.4) is 0 Å². The summed E-state index contributed by atoms with van der Waals surface area (Å²) in [6.07, 6.45) is -2.97. The molecule has 2 heterocycles. The molecule has 2 N–H and O–H groups in total. The van der Waals surface area contributed by atoms with Gasteiger partial charge in [-0.1, -0.05) is 0 Å². The first kappa shape index (κ1) is 12.3. The molecule has 3 nitrogen and oxygen atoms in total. The van der Waals surface area contributed by atoms with Crippen molar-refractivity contribution in [3.8, 4) is 11.3 Å². The lowest BCUT2D eigenvalue weighted by Gasteiger charge is -2.09. The number of alkyl halides is 3.